The fraction of sp³-hybridized carbons (Fsp3) is 0.0690. The van der Waals surface area contributed by atoms with Gasteiger partial charge in [0.15, 0.2) is 0 Å². The second-order valence-electron chi connectivity index (χ2n) is 7.48. The molecule has 4 rings (SSSR count). The van der Waals surface area contributed by atoms with Crippen LogP contribution in [0.4, 0.5) is 5.69 Å². The quantitative estimate of drug-likeness (QED) is 0.182. The summed E-state index contributed by atoms with van der Waals surface area (Å²) in [5, 5.41) is 0. The van der Waals surface area contributed by atoms with E-state index in [9.17, 15) is 0 Å². The highest BCUT2D eigenvalue weighted by molar-refractivity contribution is 5.96. The molecule has 4 aromatic carbocycles. The van der Waals surface area contributed by atoms with Crippen LogP contribution >= 0.6 is 0 Å². The first kappa shape index (κ1) is 21.1. The summed E-state index contributed by atoms with van der Waals surface area (Å²) in [6.45, 7) is 3.97. The van der Waals surface area contributed by atoms with E-state index in [1.54, 1.807) is 6.26 Å². The third-order valence-corrected chi connectivity index (χ3v) is 4.84. The number of nitrogens with zero attached hydrogens (tertiary/aromatic N) is 1. The maximum absolute atomic E-state index is 6.26. The van der Waals surface area contributed by atoms with E-state index >= 15 is 0 Å². The number of aliphatic imine (C=N–C) groups is 1. The second kappa shape index (κ2) is 10.3. The predicted molar refractivity (Wildman–Crippen MR) is 132 cm³/mol. The summed E-state index contributed by atoms with van der Waals surface area (Å²) in [6, 6.07) is 35.9. The Kier molecular flexibility index (Phi) is 6.78. The average molecular weight is 420 g/mol. The van der Waals surface area contributed by atoms with Crippen molar-refractivity contribution in [3.63, 3.8) is 0 Å². The van der Waals surface area contributed by atoms with E-state index in [4.69, 9.17) is 14.5 Å². The zero-order valence-corrected chi connectivity index (χ0v) is 18.2. The molecule has 0 fully saturated rings. The monoisotopic (exact) mass is 419 g/mol. The standard InChI is InChI=1S/C29H25NO2/c1-22-11-9-17-27(19-22)31-21-23(2)29(30-26-15-7-4-8-16-26)32-28-18-10-14-25(20-28)24-12-5-3-6-13-24/h3-21H,1-2H3. The molecule has 0 bridgehead atoms. The molecule has 0 radical (unpaired) electrons. The summed E-state index contributed by atoms with van der Waals surface area (Å²) in [4.78, 5) is 4.73. The van der Waals surface area contributed by atoms with Gasteiger partial charge in [-0.15, -0.1) is 0 Å². The highest BCUT2D eigenvalue weighted by Gasteiger charge is 2.09. The van der Waals surface area contributed by atoms with Crippen molar-refractivity contribution in [2.75, 3.05) is 0 Å². The Labute approximate surface area is 189 Å². The minimum atomic E-state index is 0.481. The van der Waals surface area contributed by atoms with Crippen LogP contribution in [0.5, 0.6) is 11.5 Å². The van der Waals surface area contributed by atoms with E-state index in [0.717, 1.165) is 33.7 Å². The van der Waals surface area contributed by atoms with Gasteiger partial charge in [0, 0.05) is 5.57 Å². The first-order chi connectivity index (χ1) is 15.7. The van der Waals surface area contributed by atoms with Gasteiger partial charge < -0.3 is 9.47 Å². The van der Waals surface area contributed by atoms with Gasteiger partial charge in [-0.1, -0.05) is 72.8 Å². The average Bonchev–Trinajstić information content (AvgIpc) is 2.84. The van der Waals surface area contributed by atoms with Gasteiger partial charge in [0.25, 0.3) is 0 Å². The maximum atomic E-state index is 6.26. The Hall–Kier alpha value is -4.11. The molecule has 0 aliphatic heterocycles. The van der Waals surface area contributed by atoms with E-state index in [1.165, 1.54) is 0 Å². The number of rotatable bonds is 6. The molecule has 3 heteroatoms. The van der Waals surface area contributed by atoms with Gasteiger partial charge in [0.05, 0.1) is 11.9 Å². The van der Waals surface area contributed by atoms with Crippen molar-refractivity contribution < 1.29 is 9.47 Å². The Balaban J connectivity index is 1.63. The van der Waals surface area contributed by atoms with Gasteiger partial charge in [-0.25, -0.2) is 4.99 Å². The lowest BCUT2D eigenvalue weighted by Crippen LogP contribution is -2.11. The van der Waals surface area contributed by atoms with Crippen LogP contribution in [0, 0.1) is 6.92 Å². The predicted octanol–water partition coefficient (Wildman–Crippen LogP) is 7.75. The number of para-hydroxylation sites is 1. The Morgan fingerprint density at radius 3 is 2.09 bits per heavy atom. The van der Waals surface area contributed by atoms with Crippen LogP contribution < -0.4 is 9.47 Å². The number of hydrogen-bond donors (Lipinski definition) is 0. The fourth-order valence-corrected chi connectivity index (χ4v) is 3.19. The van der Waals surface area contributed by atoms with E-state index in [2.05, 4.69) is 18.2 Å². The van der Waals surface area contributed by atoms with Crippen LogP contribution in [0.15, 0.2) is 126 Å². The number of benzene rings is 4. The molecule has 3 nitrogen and oxygen atoms in total. The molecule has 0 saturated heterocycles. The molecule has 0 aliphatic carbocycles. The Bertz CT molecular complexity index is 1230. The molecule has 0 aliphatic rings. The Morgan fingerprint density at radius 2 is 1.34 bits per heavy atom. The lowest BCUT2D eigenvalue weighted by Gasteiger charge is -2.12. The third-order valence-electron chi connectivity index (χ3n) is 4.84. The number of aryl methyl sites for hydroxylation is 1. The molecule has 0 heterocycles. The lowest BCUT2D eigenvalue weighted by molar-refractivity contribution is 0.473. The minimum absolute atomic E-state index is 0.481. The third kappa shape index (κ3) is 5.73. The van der Waals surface area contributed by atoms with Crippen molar-refractivity contribution in [1.29, 1.82) is 0 Å². The molecule has 0 aromatic heterocycles. The molecule has 32 heavy (non-hydrogen) atoms. The van der Waals surface area contributed by atoms with E-state index in [-0.39, 0.29) is 0 Å². The van der Waals surface area contributed by atoms with Crippen molar-refractivity contribution in [1.82, 2.24) is 0 Å². The normalized spacial score (nSPS) is 11.8. The maximum Gasteiger partial charge on any atom is 0.225 e. The van der Waals surface area contributed by atoms with Gasteiger partial charge in [-0.3, -0.25) is 0 Å². The molecular formula is C29H25NO2. The van der Waals surface area contributed by atoms with Crippen LogP contribution in [-0.4, -0.2) is 5.90 Å². The van der Waals surface area contributed by atoms with Gasteiger partial charge >= 0.3 is 0 Å². The van der Waals surface area contributed by atoms with E-state index < -0.39 is 0 Å². The highest BCUT2D eigenvalue weighted by Crippen LogP contribution is 2.25. The van der Waals surface area contributed by atoms with E-state index in [0.29, 0.717) is 11.6 Å². The molecular weight excluding hydrogens is 394 g/mol. The molecule has 4 aromatic rings. The SMILES string of the molecule is CC(=COc1cccc(C)c1)C(=Nc1ccccc1)Oc1cccc(-c2ccccc2)c1. The molecule has 0 spiro atoms. The smallest absolute Gasteiger partial charge is 0.225 e. The zero-order chi connectivity index (χ0) is 22.2. The number of ether oxygens (including phenoxy) is 2. The topological polar surface area (TPSA) is 30.8 Å². The number of hydrogen-bond acceptors (Lipinski definition) is 3. The fourth-order valence-electron chi connectivity index (χ4n) is 3.19. The van der Waals surface area contributed by atoms with Crippen LogP contribution in [0.1, 0.15) is 12.5 Å². The van der Waals surface area contributed by atoms with Crippen LogP contribution in [0.3, 0.4) is 0 Å². The summed E-state index contributed by atoms with van der Waals surface area (Å²) in [5.41, 5.74) is 4.94. The van der Waals surface area contributed by atoms with Gasteiger partial charge in [-0.2, -0.15) is 0 Å². The first-order valence-electron chi connectivity index (χ1n) is 10.5. The van der Waals surface area contributed by atoms with Gasteiger partial charge in [-0.05, 0) is 66.9 Å². The van der Waals surface area contributed by atoms with Crippen molar-refractivity contribution in [3.05, 3.63) is 127 Å². The lowest BCUT2D eigenvalue weighted by atomic mass is 10.1. The van der Waals surface area contributed by atoms with Crippen molar-refractivity contribution in [3.8, 4) is 22.6 Å². The molecule has 0 unspecified atom stereocenters. The summed E-state index contributed by atoms with van der Waals surface area (Å²) >= 11 is 0. The van der Waals surface area contributed by atoms with Crippen molar-refractivity contribution in [2.45, 2.75) is 13.8 Å². The van der Waals surface area contributed by atoms with Gasteiger partial charge in [0.2, 0.25) is 5.90 Å². The molecule has 0 saturated carbocycles. The minimum Gasteiger partial charge on any atom is -0.465 e. The molecule has 0 amide bonds. The molecule has 0 N–H and O–H groups in total. The summed E-state index contributed by atoms with van der Waals surface area (Å²) in [7, 11) is 0. The van der Waals surface area contributed by atoms with Gasteiger partial charge in [0.1, 0.15) is 11.5 Å². The largest absolute Gasteiger partial charge is 0.465 e. The van der Waals surface area contributed by atoms with Crippen molar-refractivity contribution in [2.24, 2.45) is 4.99 Å². The second-order valence-corrected chi connectivity index (χ2v) is 7.48. The van der Waals surface area contributed by atoms with Crippen LogP contribution in [0.25, 0.3) is 11.1 Å². The summed E-state index contributed by atoms with van der Waals surface area (Å²) in [6.07, 6.45) is 1.68. The van der Waals surface area contributed by atoms with Crippen LogP contribution in [0.2, 0.25) is 0 Å². The molecule has 158 valence electrons. The Morgan fingerprint density at radius 1 is 0.688 bits per heavy atom. The summed E-state index contributed by atoms with van der Waals surface area (Å²) < 4.78 is 12.1. The zero-order valence-electron chi connectivity index (χ0n) is 18.2. The van der Waals surface area contributed by atoms with Crippen molar-refractivity contribution >= 4 is 11.6 Å². The van der Waals surface area contributed by atoms with Crippen LogP contribution in [-0.2, 0) is 0 Å². The first-order valence-corrected chi connectivity index (χ1v) is 10.5. The molecule has 0 atom stereocenters. The van der Waals surface area contributed by atoms with E-state index in [1.807, 2.05) is 105 Å². The highest BCUT2D eigenvalue weighted by atomic mass is 16.5. The summed E-state index contributed by atoms with van der Waals surface area (Å²) in [5.74, 6) is 1.97.